The van der Waals surface area contributed by atoms with Gasteiger partial charge in [0.15, 0.2) is 0 Å². The molecule has 2 nitrogen and oxygen atoms in total. The van der Waals surface area contributed by atoms with Crippen LogP contribution in [0.2, 0.25) is 0 Å². The predicted octanol–water partition coefficient (Wildman–Crippen LogP) is 3.53. The van der Waals surface area contributed by atoms with Gasteiger partial charge in [0.2, 0.25) is 0 Å². The zero-order valence-electron chi connectivity index (χ0n) is 11.1. The maximum absolute atomic E-state index is 5.26. The van der Waals surface area contributed by atoms with E-state index in [-0.39, 0.29) is 0 Å². The second-order valence-corrected chi connectivity index (χ2v) is 5.28. The molecule has 0 aliphatic heterocycles. The Kier molecular flexibility index (Phi) is 4.06. The molecule has 17 heavy (non-hydrogen) atoms. The summed E-state index contributed by atoms with van der Waals surface area (Å²) in [6.45, 7) is 4.58. The van der Waals surface area contributed by atoms with Crippen LogP contribution in [-0.2, 0) is 0 Å². The number of ether oxygens (including phenoxy) is 1. The van der Waals surface area contributed by atoms with Crippen molar-refractivity contribution in [2.75, 3.05) is 7.11 Å². The third-order valence-corrected chi connectivity index (χ3v) is 3.77. The summed E-state index contributed by atoms with van der Waals surface area (Å²) in [6, 6.07) is 9.43. The van der Waals surface area contributed by atoms with Gasteiger partial charge < -0.3 is 10.1 Å². The molecular formula is C15H23NO. The van der Waals surface area contributed by atoms with E-state index < -0.39 is 0 Å². The van der Waals surface area contributed by atoms with Gasteiger partial charge in [0.1, 0.15) is 5.75 Å². The second-order valence-electron chi connectivity index (χ2n) is 5.28. The standard InChI is InChI=1S/C15H23NO/c1-11-7-8-14(9-11)16-12(2)13-5-4-6-15(10-13)17-3/h4-6,10-12,14,16H,7-9H2,1-3H3/t11?,12-,14?/m0/s1. The van der Waals surface area contributed by atoms with Crippen LogP contribution in [0.25, 0.3) is 0 Å². The van der Waals surface area contributed by atoms with Crippen molar-refractivity contribution in [3.8, 4) is 5.75 Å². The maximum Gasteiger partial charge on any atom is 0.119 e. The smallest absolute Gasteiger partial charge is 0.119 e. The number of hydrogen-bond acceptors (Lipinski definition) is 2. The van der Waals surface area contributed by atoms with Gasteiger partial charge in [-0.2, -0.15) is 0 Å². The number of nitrogens with one attached hydrogen (secondary N) is 1. The molecule has 1 N–H and O–H groups in total. The Balaban J connectivity index is 1.96. The van der Waals surface area contributed by atoms with Crippen LogP contribution in [0.4, 0.5) is 0 Å². The van der Waals surface area contributed by atoms with E-state index in [0.717, 1.165) is 11.7 Å². The molecular weight excluding hydrogens is 210 g/mol. The Morgan fingerprint density at radius 1 is 1.35 bits per heavy atom. The summed E-state index contributed by atoms with van der Waals surface area (Å²) in [4.78, 5) is 0. The van der Waals surface area contributed by atoms with E-state index in [1.807, 2.05) is 6.07 Å². The minimum Gasteiger partial charge on any atom is -0.497 e. The largest absolute Gasteiger partial charge is 0.497 e. The molecule has 0 spiro atoms. The van der Waals surface area contributed by atoms with E-state index >= 15 is 0 Å². The van der Waals surface area contributed by atoms with Crippen LogP contribution in [0, 0.1) is 5.92 Å². The van der Waals surface area contributed by atoms with Crippen molar-refractivity contribution in [1.29, 1.82) is 0 Å². The highest BCUT2D eigenvalue weighted by atomic mass is 16.5. The Bertz CT molecular complexity index is 364. The first-order valence-electron chi connectivity index (χ1n) is 6.59. The number of benzene rings is 1. The molecule has 0 radical (unpaired) electrons. The van der Waals surface area contributed by atoms with Crippen molar-refractivity contribution >= 4 is 0 Å². The fourth-order valence-electron chi connectivity index (χ4n) is 2.72. The highest BCUT2D eigenvalue weighted by Gasteiger charge is 2.22. The molecule has 94 valence electrons. The van der Waals surface area contributed by atoms with Gasteiger partial charge in [-0.3, -0.25) is 0 Å². The SMILES string of the molecule is COc1cccc([C@H](C)NC2CCC(C)C2)c1. The predicted molar refractivity (Wildman–Crippen MR) is 71.3 cm³/mol. The first-order valence-corrected chi connectivity index (χ1v) is 6.59. The molecule has 2 rings (SSSR count). The monoisotopic (exact) mass is 233 g/mol. The summed E-state index contributed by atoms with van der Waals surface area (Å²) in [5, 5.41) is 3.72. The lowest BCUT2D eigenvalue weighted by Crippen LogP contribution is -2.29. The van der Waals surface area contributed by atoms with Crippen molar-refractivity contribution in [2.45, 2.75) is 45.2 Å². The molecule has 1 fully saturated rings. The third-order valence-electron chi connectivity index (χ3n) is 3.77. The van der Waals surface area contributed by atoms with Gasteiger partial charge in [-0.25, -0.2) is 0 Å². The third kappa shape index (κ3) is 3.22. The number of hydrogen-bond donors (Lipinski definition) is 1. The zero-order valence-corrected chi connectivity index (χ0v) is 11.1. The van der Waals surface area contributed by atoms with Crippen LogP contribution in [0.3, 0.4) is 0 Å². The fraction of sp³-hybridized carbons (Fsp3) is 0.600. The Hall–Kier alpha value is -1.02. The van der Waals surface area contributed by atoms with Gasteiger partial charge in [-0.1, -0.05) is 19.1 Å². The lowest BCUT2D eigenvalue weighted by Gasteiger charge is -2.20. The number of methoxy groups -OCH3 is 1. The Morgan fingerprint density at radius 3 is 2.82 bits per heavy atom. The van der Waals surface area contributed by atoms with Crippen molar-refractivity contribution in [1.82, 2.24) is 5.32 Å². The van der Waals surface area contributed by atoms with E-state index in [4.69, 9.17) is 4.74 Å². The van der Waals surface area contributed by atoms with E-state index in [0.29, 0.717) is 12.1 Å². The van der Waals surface area contributed by atoms with E-state index in [9.17, 15) is 0 Å². The van der Waals surface area contributed by atoms with Crippen molar-refractivity contribution in [3.63, 3.8) is 0 Å². The minimum absolute atomic E-state index is 0.403. The summed E-state index contributed by atoms with van der Waals surface area (Å²) in [5.74, 6) is 1.82. The molecule has 2 heteroatoms. The first-order chi connectivity index (χ1) is 8.19. The van der Waals surface area contributed by atoms with Crippen LogP contribution in [0.5, 0.6) is 5.75 Å². The average Bonchev–Trinajstić information content (AvgIpc) is 2.75. The van der Waals surface area contributed by atoms with Gasteiger partial charge >= 0.3 is 0 Å². The first kappa shape index (κ1) is 12.4. The van der Waals surface area contributed by atoms with Crippen molar-refractivity contribution in [3.05, 3.63) is 29.8 Å². The molecule has 3 atom stereocenters. The quantitative estimate of drug-likeness (QED) is 0.859. The van der Waals surface area contributed by atoms with Crippen molar-refractivity contribution < 1.29 is 4.74 Å². The van der Waals surface area contributed by atoms with Crippen LogP contribution < -0.4 is 10.1 Å². The molecule has 1 aliphatic carbocycles. The average molecular weight is 233 g/mol. The summed E-state index contributed by atoms with van der Waals surface area (Å²) in [7, 11) is 1.72. The van der Waals surface area contributed by atoms with Crippen LogP contribution in [0.1, 0.15) is 44.7 Å². The van der Waals surface area contributed by atoms with E-state index in [1.165, 1.54) is 24.8 Å². The molecule has 0 aromatic heterocycles. The molecule has 1 aromatic carbocycles. The Morgan fingerprint density at radius 2 is 2.18 bits per heavy atom. The van der Waals surface area contributed by atoms with E-state index in [2.05, 4.69) is 37.4 Å². The normalized spacial score (nSPS) is 25.8. The van der Waals surface area contributed by atoms with Gasteiger partial charge in [-0.15, -0.1) is 0 Å². The zero-order chi connectivity index (χ0) is 12.3. The highest BCUT2D eigenvalue weighted by molar-refractivity contribution is 5.30. The molecule has 0 bridgehead atoms. The topological polar surface area (TPSA) is 21.3 Å². The van der Waals surface area contributed by atoms with Gasteiger partial charge in [0.05, 0.1) is 7.11 Å². The molecule has 0 saturated heterocycles. The highest BCUT2D eigenvalue weighted by Crippen LogP contribution is 2.27. The minimum atomic E-state index is 0.403. The molecule has 1 aliphatic rings. The lowest BCUT2D eigenvalue weighted by molar-refractivity contribution is 0.411. The summed E-state index contributed by atoms with van der Waals surface area (Å²) < 4.78 is 5.26. The molecule has 0 heterocycles. The molecule has 2 unspecified atom stereocenters. The second kappa shape index (κ2) is 5.54. The molecule has 1 aromatic rings. The van der Waals surface area contributed by atoms with Gasteiger partial charge in [0, 0.05) is 12.1 Å². The summed E-state index contributed by atoms with van der Waals surface area (Å²) in [5.41, 5.74) is 1.31. The lowest BCUT2D eigenvalue weighted by atomic mass is 10.1. The van der Waals surface area contributed by atoms with Crippen LogP contribution in [-0.4, -0.2) is 13.2 Å². The fourth-order valence-corrected chi connectivity index (χ4v) is 2.72. The molecule has 1 saturated carbocycles. The maximum atomic E-state index is 5.26. The van der Waals surface area contributed by atoms with Gasteiger partial charge in [0.25, 0.3) is 0 Å². The van der Waals surface area contributed by atoms with Crippen LogP contribution >= 0.6 is 0 Å². The van der Waals surface area contributed by atoms with Crippen molar-refractivity contribution in [2.24, 2.45) is 5.92 Å². The molecule has 0 amide bonds. The van der Waals surface area contributed by atoms with Crippen LogP contribution in [0.15, 0.2) is 24.3 Å². The van der Waals surface area contributed by atoms with Gasteiger partial charge in [-0.05, 0) is 49.8 Å². The summed E-state index contributed by atoms with van der Waals surface area (Å²) >= 11 is 0. The Labute approximate surface area is 104 Å². The number of rotatable bonds is 4. The van der Waals surface area contributed by atoms with E-state index in [1.54, 1.807) is 7.11 Å². The summed E-state index contributed by atoms with van der Waals surface area (Å²) in [6.07, 6.45) is 3.99.